The Kier molecular flexibility index (Phi) is 2.79. The maximum absolute atomic E-state index is 12.5. The fourth-order valence-electron chi connectivity index (χ4n) is 3.68. The van der Waals surface area contributed by atoms with Gasteiger partial charge in [-0.1, -0.05) is 46.3 Å². The molecule has 2 heteroatoms. The minimum absolute atomic E-state index is 0.0574. The Bertz CT molecular complexity index is 585. The van der Waals surface area contributed by atoms with E-state index in [0.29, 0.717) is 18.1 Å². The first kappa shape index (κ1) is 13.1. The third-order valence-corrected chi connectivity index (χ3v) is 5.76. The van der Waals surface area contributed by atoms with Crippen LogP contribution in [0.3, 0.4) is 0 Å². The molecule has 3 aliphatic rings. The molecule has 0 N–H and O–H groups in total. The van der Waals surface area contributed by atoms with E-state index in [1.165, 1.54) is 16.7 Å². The van der Waals surface area contributed by atoms with Crippen molar-refractivity contribution < 1.29 is 4.79 Å². The van der Waals surface area contributed by atoms with E-state index in [-0.39, 0.29) is 9.74 Å². The van der Waals surface area contributed by atoms with E-state index in [0.717, 1.165) is 6.42 Å². The second-order valence-electron chi connectivity index (χ2n) is 6.42. The van der Waals surface area contributed by atoms with E-state index >= 15 is 0 Å². The van der Waals surface area contributed by atoms with Crippen molar-refractivity contribution in [1.29, 1.82) is 0 Å². The third kappa shape index (κ3) is 1.84. The summed E-state index contributed by atoms with van der Waals surface area (Å²) in [5.74, 6) is 0.714. The molecule has 2 bridgehead atoms. The van der Waals surface area contributed by atoms with Crippen LogP contribution in [0.2, 0.25) is 0 Å². The van der Waals surface area contributed by atoms with E-state index in [4.69, 9.17) is 0 Å². The Labute approximate surface area is 123 Å². The SMILES string of the molecule is Cc1ccccc1C1=C[C@H]2CC(=O)[C@]1(C)C[C@]2(C)Br. The quantitative estimate of drug-likeness (QED) is 0.695. The molecule has 19 heavy (non-hydrogen) atoms. The second kappa shape index (κ2) is 4.05. The van der Waals surface area contributed by atoms with E-state index in [2.05, 4.69) is 67.0 Å². The average molecular weight is 319 g/mol. The van der Waals surface area contributed by atoms with Crippen LogP contribution in [-0.4, -0.2) is 10.1 Å². The zero-order chi connectivity index (χ0) is 13.8. The number of hydrogen-bond donors (Lipinski definition) is 0. The summed E-state index contributed by atoms with van der Waals surface area (Å²) in [5.41, 5.74) is 3.40. The van der Waals surface area contributed by atoms with Crippen molar-refractivity contribution in [3.63, 3.8) is 0 Å². The maximum atomic E-state index is 12.5. The molecule has 0 amide bonds. The number of benzene rings is 1. The average Bonchev–Trinajstić information content (AvgIpc) is 2.31. The molecule has 1 aromatic carbocycles. The van der Waals surface area contributed by atoms with Crippen molar-refractivity contribution in [2.24, 2.45) is 11.3 Å². The number of halogens is 1. The van der Waals surface area contributed by atoms with Crippen LogP contribution in [0.4, 0.5) is 0 Å². The highest BCUT2D eigenvalue weighted by Gasteiger charge is 2.54. The van der Waals surface area contributed by atoms with E-state index in [1.54, 1.807) is 0 Å². The Morgan fingerprint density at radius 1 is 1.26 bits per heavy atom. The summed E-state index contributed by atoms with van der Waals surface area (Å²) in [6.07, 6.45) is 3.90. The van der Waals surface area contributed by atoms with Crippen molar-refractivity contribution in [3.8, 4) is 0 Å². The van der Waals surface area contributed by atoms with Crippen LogP contribution in [0.15, 0.2) is 30.3 Å². The van der Waals surface area contributed by atoms with Gasteiger partial charge in [-0.15, -0.1) is 0 Å². The summed E-state index contributed by atoms with van der Waals surface area (Å²) >= 11 is 3.83. The van der Waals surface area contributed by atoms with Crippen LogP contribution in [0.1, 0.15) is 37.8 Å². The lowest BCUT2D eigenvalue weighted by atomic mass is 9.56. The van der Waals surface area contributed by atoms with Gasteiger partial charge in [0.05, 0.1) is 5.41 Å². The molecule has 3 atom stereocenters. The number of ketones is 1. The van der Waals surface area contributed by atoms with Crippen LogP contribution in [0, 0.1) is 18.3 Å². The van der Waals surface area contributed by atoms with Crippen molar-refractivity contribution in [2.75, 3.05) is 0 Å². The largest absolute Gasteiger partial charge is 0.299 e. The lowest BCUT2D eigenvalue weighted by molar-refractivity contribution is -0.129. The highest BCUT2D eigenvalue weighted by molar-refractivity contribution is 9.10. The molecule has 1 fully saturated rings. The standard InChI is InChI=1S/C17H19BrO/c1-11-6-4-5-7-13(11)14-8-12-9-15(19)16(14,2)10-17(12,3)18/h4-8,12H,9-10H2,1-3H3/t12-,16+,17-/m0/s1. The Hall–Kier alpha value is -0.890. The summed E-state index contributed by atoms with van der Waals surface area (Å²) in [4.78, 5) is 12.5. The van der Waals surface area contributed by atoms with Crippen molar-refractivity contribution in [1.82, 2.24) is 0 Å². The molecule has 0 spiro atoms. The second-order valence-corrected chi connectivity index (χ2v) is 8.23. The Morgan fingerprint density at radius 2 is 1.95 bits per heavy atom. The number of hydrogen-bond acceptors (Lipinski definition) is 1. The van der Waals surface area contributed by atoms with Crippen LogP contribution in [0.5, 0.6) is 0 Å². The molecule has 1 aromatic rings. The topological polar surface area (TPSA) is 17.1 Å². The first-order chi connectivity index (χ1) is 8.84. The predicted molar refractivity (Wildman–Crippen MR) is 82.3 cm³/mol. The van der Waals surface area contributed by atoms with E-state index in [1.807, 2.05) is 0 Å². The van der Waals surface area contributed by atoms with Gasteiger partial charge in [0.25, 0.3) is 0 Å². The number of carbonyl (C=O) groups is 1. The zero-order valence-corrected chi connectivity index (χ0v) is 13.3. The smallest absolute Gasteiger partial charge is 0.143 e. The highest BCUT2D eigenvalue weighted by Crippen LogP contribution is 2.58. The van der Waals surface area contributed by atoms with Gasteiger partial charge in [0.1, 0.15) is 5.78 Å². The Morgan fingerprint density at radius 3 is 2.63 bits per heavy atom. The molecule has 3 aliphatic carbocycles. The summed E-state index contributed by atoms with van der Waals surface area (Å²) in [6.45, 7) is 6.45. The number of Topliss-reactive ketones (excluding diaryl/α,β-unsaturated/α-hetero) is 1. The molecular formula is C17H19BrO. The first-order valence-corrected chi connectivity index (χ1v) is 7.64. The molecule has 4 rings (SSSR count). The van der Waals surface area contributed by atoms with E-state index < -0.39 is 0 Å². The molecule has 0 aromatic heterocycles. The van der Waals surface area contributed by atoms with Gasteiger partial charge in [0, 0.05) is 10.7 Å². The van der Waals surface area contributed by atoms with Gasteiger partial charge in [0.2, 0.25) is 0 Å². The predicted octanol–water partition coefficient (Wildman–Crippen LogP) is 4.53. The monoisotopic (exact) mass is 318 g/mol. The molecule has 1 nitrogen and oxygen atoms in total. The third-order valence-electron chi connectivity index (χ3n) is 4.89. The van der Waals surface area contributed by atoms with Gasteiger partial charge in [-0.25, -0.2) is 0 Å². The number of rotatable bonds is 1. The van der Waals surface area contributed by atoms with Crippen molar-refractivity contribution in [2.45, 2.75) is 37.9 Å². The van der Waals surface area contributed by atoms with Crippen LogP contribution in [0.25, 0.3) is 5.57 Å². The first-order valence-electron chi connectivity index (χ1n) is 6.85. The van der Waals surface area contributed by atoms with Gasteiger partial charge >= 0.3 is 0 Å². The number of allylic oxidation sites excluding steroid dienone is 2. The maximum Gasteiger partial charge on any atom is 0.143 e. The lowest BCUT2D eigenvalue weighted by Gasteiger charge is -2.51. The number of fused-ring (bicyclic) bond motifs is 2. The zero-order valence-electron chi connectivity index (χ0n) is 11.7. The van der Waals surface area contributed by atoms with Crippen molar-refractivity contribution in [3.05, 3.63) is 41.5 Å². The lowest BCUT2D eigenvalue weighted by Crippen LogP contribution is -2.50. The van der Waals surface area contributed by atoms with Gasteiger partial charge in [-0.3, -0.25) is 4.79 Å². The molecule has 0 unspecified atom stereocenters. The summed E-state index contributed by atoms with van der Waals surface area (Å²) in [5, 5.41) is 0. The molecule has 0 radical (unpaired) electrons. The molecule has 0 heterocycles. The van der Waals surface area contributed by atoms with Crippen molar-refractivity contribution >= 4 is 27.3 Å². The van der Waals surface area contributed by atoms with E-state index in [9.17, 15) is 4.79 Å². The molecule has 0 saturated heterocycles. The highest BCUT2D eigenvalue weighted by atomic mass is 79.9. The molecule has 1 saturated carbocycles. The molecule has 0 aliphatic heterocycles. The van der Waals surface area contributed by atoms with Crippen LogP contribution < -0.4 is 0 Å². The van der Waals surface area contributed by atoms with Crippen LogP contribution >= 0.6 is 15.9 Å². The normalized spacial score (nSPS) is 37.4. The number of alkyl halides is 1. The number of carbonyl (C=O) groups excluding carboxylic acids is 1. The Balaban J connectivity index is 2.18. The summed E-state index contributed by atoms with van der Waals surface area (Å²) in [6, 6.07) is 8.39. The van der Waals surface area contributed by atoms with Gasteiger partial charge in [0.15, 0.2) is 0 Å². The molecular weight excluding hydrogens is 300 g/mol. The van der Waals surface area contributed by atoms with Crippen LogP contribution in [-0.2, 0) is 4.79 Å². The minimum Gasteiger partial charge on any atom is -0.299 e. The molecule has 100 valence electrons. The van der Waals surface area contributed by atoms with Gasteiger partial charge < -0.3 is 0 Å². The van der Waals surface area contributed by atoms with Gasteiger partial charge in [-0.2, -0.15) is 0 Å². The van der Waals surface area contributed by atoms with Gasteiger partial charge in [-0.05, 0) is 49.8 Å². The minimum atomic E-state index is -0.334. The fraction of sp³-hybridized carbons (Fsp3) is 0.471. The summed E-state index contributed by atoms with van der Waals surface area (Å²) in [7, 11) is 0. The fourth-order valence-corrected chi connectivity index (χ4v) is 4.54. The summed E-state index contributed by atoms with van der Waals surface area (Å²) < 4.78 is 0.0574. The number of aryl methyl sites for hydroxylation is 1.